The van der Waals surface area contributed by atoms with E-state index in [9.17, 15) is 4.79 Å². The van der Waals surface area contributed by atoms with Gasteiger partial charge in [0.05, 0.1) is 17.1 Å². The van der Waals surface area contributed by atoms with Gasteiger partial charge in [0, 0.05) is 19.0 Å². The summed E-state index contributed by atoms with van der Waals surface area (Å²) in [6, 6.07) is 6.36. The molecule has 1 fully saturated rings. The number of nitrogens with zero attached hydrogens (tertiary/aromatic N) is 2. The van der Waals surface area contributed by atoms with Crippen LogP contribution in [0.1, 0.15) is 5.56 Å². The Morgan fingerprint density at radius 1 is 1.61 bits per heavy atom. The van der Waals surface area contributed by atoms with Crippen LogP contribution in [0.4, 0.5) is 4.79 Å². The van der Waals surface area contributed by atoms with Crippen molar-refractivity contribution in [2.24, 2.45) is 5.73 Å². The van der Waals surface area contributed by atoms with E-state index >= 15 is 0 Å². The van der Waals surface area contributed by atoms with Gasteiger partial charge < -0.3 is 15.4 Å². The maximum absolute atomic E-state index is 11.0. The standard InChI is InChI=1S/C12H11ClN3O2/c13-11-5-9(2-1-8(11)6-14)18-10-3-4-16(7-10)12(15)17/h1-3,5,10H,4,7H2,(H2,15,17). The molecule has 1 aromatic rings. The Kier molecular flexibility index (Phi) is 3.58. The van der Waals surface area contributed by atoms with Gasteiger partial charge in [-0.3, -0.25) is 0 Å². The van der Waals surface area contributed by atoms with Gasteiger partial charge in [-0.15, -0.1) is 0 Å². The fraction of sp³-hybridized carbons (Fsp3) is 0.250. The zero-order valence-electron chi connectivity index (χ0n) is 9.47. The largest absolute Gasteiger partial charge is 0.488 e. The van der Waals surface area contributed by atoms with Gasteiger partial charge in [0.2, 0.25) is 0 Å². The summed E-state index contributed by atoms with van der Waals surface area (Å²) in [5.41, 5.74) is 5.57. The van der Waals surface area contributed by atoms with Crippen molar-refractivity contribution in [2.45, 2.75) is 6.10 Å². The molecule has 18 heavy (non-hydrogen) atoms. The van der Waals surface area contributed by atoms with Crippen LogP contribution in [-0.4, -0.2) is 30.1 Å². The van der Waals surface area contributed by atoms with E-state index in [0.29, 0.717) is 29.4 Å². The van der Waals surface area contributed by atoms with Crippen molar-refractivity contribution in [3.05, 3.63) is 35.2 Å². The van der Waals surface area contributed by atoms with Crippen LogP contribution in [0.3, 0.4) is 0 Å². The van der Waals surface area contributed by atoms with E-state index in [4.69, 9.17) is 27.3 Å². The van der Waals surface area contributed by atoms with E-state index in [1.807, 2.05) is 12.5 Å². The van der Waals surface area contributed by atoms with Gasteiger partial charge in [-0.1, -0.05) is 11.6 Å². The van der Waals surface area contributed by atoms with Gasteiger partial charge in [-0.25, -0.2) is 4.79 Å². The second-order valence-electron chi connectivity index (χ2n) is 3.89. The molecule has 2 rings (SSSR count). The number of amides is 2. The summed E-state index contributed by atoms with van der Waals surface area (Å²) in [5, 5.41) is 9.10. The number of carbonyl (C=O) groups excluding carboxylic acids is 1. The van der Waals surface area contributed by atoms with Crippen LogP contribution in [0.15, 0.2) is 18.2 Å². The predicted octanol–water partition coefficient (Wildman–Crippen LogP) is 1.56. The van der Waals surface area contributed by atoms with Crippen molar-refractivity contribution < 1.29 is 9.53 Å². The van der Waals surface area contributed by atoms with Crippen LogP contribution < -0.4 is 10.5 Å². The monoisotopic (exact) mass is 264 g/mol. The quantitative estimate of drug-likeness (QED) is 0.880. The number of likely N-dealkylation sites (tertiary alicyclic amines) is 1. The van der Waals surface area contributed by atoms with E-state index in [2.05, 4.69) is 0 Å². The second-order valence-corrected chi connectivity index (χ2v) is 4.30. The Hall–Kier alpha value is -1.93. The number of urea groups is 1. The molecule has 5 nitrogen and oxygen atoms in total. The third kappa shape index (κ3) is 2.66. The molecule has 1 aromatic carbocycles. The molecule has 0 spiro atoms. The molecule has 0 bridgehead atoms. The first-order valence-electron chi connectivity index (χ1n) is 5.34. The molecule has 0 saturated carbocycles. The molecule has 1 aliphatic rings. The highest BCUT2D eigenvalue weighted by atomic mass is 35.5. The van der Waals surface area contributed by atoms with Crippen molar-refractivity contribution in [1.82, 2.24) is 4.90 Å². The number of benzene rings is 1. The first-order valence-corrected chi connectivity index (χ1v) is 5.72. The molecule has 1 unspecified atom stereocenters. The van der Waals surface area contributed by atoms with Crippen LogP contribution >= 0.6 is 11.6 Å². The normalized spacial score (nSPS) is 18.4. The summed E-state index contributed by atoms with van der Waals surface area (Å²) in [7, 11) is 0. The third-order valence-electron chi connectivity index (χ3n) is 2.65. The SMILES string of the molecule is N#Cc1ccc(OC2[CH]CN(C(N)=O)C2)cc1Cl. The summed E-state index contributed by atoms with van der Waals surface area (Å²) >= 11 is 5.90. The lowest BCUT2D eigenvalue weighted by atomic mass is 10.2. The molecular formula is C12H11ClN3O2. The van der Waals surface area contributed by atoms with Gasteiger partial charge in [0.15, 0.2) is 0 Å². The van der Waals surface area contributed by atoms with Gasteiger partial charge in [-0.2, -0.15) is 5.26 Å². The molecule has 1 radical (unpaired) electrons. The molecule has 0 aliphatic carbocycles. The highest BCUT2D eigenvalue weighted by Crippen LogP contribution is 2.24. The predicted molar refractivity (Wildman–Crippen MR) is 66.0 cm³/mol. The minimum Gasteiger partial charge on any atom is -0.488 e. The molecule has 1 saturated heterocycles. The number of carbonyl (C=O) groups is 1. The molecular weight excluding hydrogens is 254 g/mol. The smallest absolute Gasteiger partial charge is 0.314 e. The van der Waals surface area contributed by atoms with E-state index in [1.54, 1.807) is 18.2 Å². The third-order valence-corrected chi connectivity index (χ3v) is 2.96. The summed E-state index contributed by atoms with van der Waals surface area (Å²) < 4.78 is 5.64. The number of rotatable bonds is 2. The Morgan fingerprint density at radius 3 is 2.94 bits per heavy atom. The summed E-state index contributed by atoms with van der Waals surface area (Å²) in [5.74, 6) is 0.562. The highest BCUT2D eigenvalue weighted by molar-refractivity contribution is 6.31. The Bertz CT molecular complexity index is 513. The summed E-state index contributed by atoms with van der Waals surface area (Å²) in [4.78, 5) is 12.4. The molecule has 2 amide bonds. The van der Waals surface area contributed by atoms with Crippen LogP contribution in [0, 0.1) is 17.8 Å². The first-order chi connectivity index (χ1) is 8.60. The number of hydrogen-bond donors (Lipinski definition) is 1. The zero-order valence-corrected chi connectivity index (χ0v) is 10.2. The average Bonchev–Trinajstić information content (AvgIpc) is 2.78. The molecule has 2 N–H and O–H groups in total. The minimum atomic E-state index is -0.463. The van der Waals surface area contributed by atoms with Crippen molar-refractivity contribution in [2.75, 3.05) is 13.1 Å². The average molecular weight is 265 g/mol. The fourth-order valence-corrected chi connectivity index (χ4v) is 1.92. The number of halogens is 1. The summed E-state index contributed by atoms with van der Waals surface area (Å²) in [6.07, 6.45) is 1.65. The Morgan fingerprint density at radius 2 is 2.39 bits per heavy atom. The number of nitrogens with two attached hydrogens (primary N) is 1. The lowest BCUT2D eigenvalue weighted by Gasteiger charge is -2.15. The topological polar surface area (TPSA) is 79.3 Å². The highest BCUT2D eigenvalue weighted by Gasteiger charge is 2.26. The van der Waals surface area contributed by atoms with Crippen molar-refractivity contribution >= 4 is 17.6 Å². The molecule has 0 aromatic heterocycles. The molecule has 1 atom stereocenters. The molecule has 93 valence electrons. The lowest BCUT2D eigenvalue weighted by molar-refractivity contribution is 0.198. The maximum atomic E-state index is 11.0. The van der Waals surface area contributed by atoms with Crippen molar-refractivity contribution in [3.8, 4) is 11.8 Å². The lowest BCUT2D eigenvalue weighted by Crippen LogP contribution is -2.35. The fourth-order valence-electron chi connectivity index (χ4n) is 1.71. The number of ether oxygens (including phenoxy) is 1. The van der Waals surface area contributed by atoms with E-state index < -0.39 is 6.03 Å². The first kappa shape index (κ1) is 12.5. The van der Waals surface area contributed by atoms with Crippen LogP contribution in [0.25, 0.3) is 0 Å². The van der Waals surface area contributed by atoms with Gasteiger partial charge in [0.25, 0.3) is 0 Å². The number of primary amides is 1. The Balaban J connectivity index is 2.01. The number of nitriles is 1. The van der Waals surface area contributed by atoms with Gasteiger partial charge in [-0.05, 0) is 12.1 Å². The maximum Gasteiger partial charge on any atom is 0.314 e. The van der Waals surface area contributed by atoms with E-state index in [1.165, 1.54) is 4.90 Å². The second kappa shape index (κ2) is 5.15. The summed E-state index contributed by atoms with van der Waals surface area (Å²) in [6.45, 7) is 0.900. The molecule has 6 heteroatoms. The van der Waals surface area contributed by atoms with E-state index in [-0.39, 0.29) is 6.10 Å². The van der Waals surface area contributed by atoms with Gasteiger partial charge >= 0.3 is 6.03 Å². The van der Waals surface area contributed by atoms with Crippen molar-refractivity contribution in [1.29, 1.82) is 5.26 Å². The van der Waals surface area contributed by atoms with Gasteiger partial charge in [0.1, 0.15) is 17.9 Å². The van der Waals surface area contributed by atoms with Crippen molar-refractivity contribution in [3.63, 3.8) is 0 Å². The zero-order chi connectivity index (χ0) is 13.1. The molecule has 1 aliphatic heterocycles. The van der Waals surface area contributed by atoms with Crippen LogP contribution in [0.2, 0.25) is 5.02 Å². The minimum absolute atomic E-state index is 0.207. The number of hydrogen-bond acceptors (Lipinski definition) is 3. The van der Waals surface area contributed by atoms with Crippen LogP contribution in [0.5, 0.6) is 5.75 Å². The Labute approximate surface area is 110 Å². The van der Waals surface area contributed by atoms with E-state index in [0.717, 1.165) is 0 Å². The molecule has 1 heterocycles. The van der Waals surface area contributed by atoms with Crippen LogP contribution in [-0.2, 0) is 0 Å².